The van der Waals surface area contributed by atoms with Gasteiger partial charge in [-0.25, -0.2) is 0 Å². The maximum Gasteiger partial charge on any atom is 0.233 e. The second-order valence-corrected chi connectivity index (χ2v) is 9.19. The van der Waals surface area contributed by atoms with Crippen molar-refractivity contribution >= 4 is 39.9 Å². The first-order valence-electron chi connectivity index (χ1n) is 11.2. The van der Waals surface area contributed by atoms with Gasteiger partial charge in [-0.05, 0) is 61.0 Å². The molecule has 0 bridgehead atoms. The van der Waals surface area contributed by atoms with Gasteiger partial charge >= 0.3 is 0 Å². The first-order chi connectivity index (χ1) is 16.6. The zero-order chi connectivity index (χ0) is 23.7. The van der Waals surface area contributed by atoms with Gasteiger partial charge < -0.3 is 19.3 Å². The molecule has 5 rings (SSSR count). The number of amides is 1. The third-order valence-electron chi connectivity index (χ3n) is 6.23. The van der Waals surface area contributed by atoms with E-state index in [1.807, 2.05) is 46.6 Å². The average Bonchev–Trinajstić information content (AvgIpc) is 3.32. The molecular formula is C25H27N5O3S. The lowest BCUT2D eigenvalue weighted by Gasteiger charge is -2.36. The van der Waals surface area contributed by atoms with Crippen LogP contribution in [-0.2, 0) is 4.79 Å². The molecule has 0 unspecified atom stereocenters. The van der Waals surface area contributed by atoms with E-state index in [0.29, 0.717) is 18.8 Å². The molecule has 8 nitrogen and oxygen atoms in total. The highest BCUT2D eigenvalue weighted by Crippen LogP contribution is 2.28. The number of pyridine rings is 1. The van der Waals surface area contributed by atoms with Gasteiger partial charge in [-0.2, -0.15) is 0 Å². The zero-order valence-corrected chi connectivity index (χ0v) is 20.3. The van der Waals surface area contributed by atoms with Crippen molar-refractivity contribution in [2.45, 2.75) is 12.1 Å². The molecule has 0 radical (unpaired) electrons. The van der Waals surface area contributed by atoms with Gasteiger partial charge in [0.25, 0.3) is 0 Å². The number of thioether (sulfide) groups is 1. The Hall–Kier alpha value is -3.46. The number of piperazine rings is 1. The topological polar surface area (TPSA) is 72.2 Å². The number of aromatic nitrogens is 3. The van der Waals surface area contributed by atoms with E-state index in [1.54, 1.807) is 14.2 Å². The Labute approximate surface area is 202 Å². The summed E-state index contributed by atoms with van der Waals surface area (Å²) in [6.45, 7) is 5.04. The molecule has 0 aliphatic carbocycles. The van der Waals surface area contributed by atoms with Crippen molar-refractivity contribution in [3.8, 4) is 11.5 Å². The molecule has 1 amide bonds. The number of hydrogen-bond donors (Lipinski definition) is 0. The number of hydrogen-bond acceptors (Lipinski definition) is 7. The normalized spacial score (nSPS) is 14.1. The summed E-state index contributed by atoms with van der Waals surface area (Å²) in [5.74, 6) is 2.10. The number of fused-ring (bicyclic) bond motifs is 3. The van der Waals surface area contributed by atoms with Crippen molar-refractivity contribution in [3.63, 3.8) is 0 Å². The second kappa shape index (κ2) is 9.42. The van der Waals surface area contributed by atoms with E-state index in [9.17, 15) is 4.79 Å². The van der Waals surface area contributed by atoms with Crippen LogP contribution < -0.4 is 14.4 Å². The van der Waals surface area contributed by atoms with E-state index in [0.717, 1.165) is 57.5 Å². The van der Waals surface area contributed by atoms with Gasteiger partial charge in [0, 0.05) is 37.3 Å². The Morgan fingerprint density at radius 1 is 0.941 bits per heavy atom. The standard InChI is InChI=1S/C25H27N5O3S/c1-17-14-18-15-21(33-3)8-9-22(18)30-24(17)26-27-25(30)34-16-23(31)29-12-10-28(11-13-29)19-4-6-20(32-2)7-5-19/h4-9,14-15H,10-13,16H2,1-3H3. The van der Waals surface area contributed by atoms with Gasteiger partial charge in [0.1, 0.15) is 11.5 Å². The van der Waals surface area contributed by atoms with Crippen LogP contribution in [0.5, 0.6) is 11.5 Å². The minimum Gasteiger partial charge on any atom is -0.497 e. The quantitative estimate of drug-likeness (QED) is 0.393. The number of aryl methyl sites for hydroxylation is 1. The Kier molecular flexibility index (Phi) is 6.19. The number of methoxy groups -OCH3 is 2. The van der Waals surface area contributed by atoms with Crippen LogP contribution in [0.15, 0.2) is 53.7 Å². The van der Waals surface area contributed by atoms with E-state index in [-0.39, 0.29) is 5.91 Å². The van der Waals surface area contributed by atoms with Gasteiger partial charge in [0.15, 0.2) is 10.8 Å². The largest absolute Gasteiger partial charge is 0.497 e. The average molecular weight is 478 g/mol. The maximum atomic E-state index is 13.0. The molecule has 4 aromatic rings. The number of ether oxygens (including phenoxy) is 2. The van der Waals surface area contributed by atoms with Gasteiger partial charge in [-0.15, -0.1) is 10.2 Å². The molecule has 0 N–H and O–H groups in total. The Morgan fingerprint density at radius 3 is 2.35 bits per heavy atom. The Bertz CT molecular complexity index is 1330. The smallest absolute Gasteiger partial charge is 0.233 e. The van der Waals surface area contributed by atoms with Crippen molar-refractivity contribution in [2.75, 3.05) is 51.1 Å². The monoisotopic (exact) mass is 477 g/mol. The molecule has 3 heterocycles. The van der Waals surface area contributed by atoms with Crippen LogP contribution in [0.25, 0.3) is 16.6 Å². The lowest BCUT2D eigenvalue weighted by atomic mass is 10.1. The summed E-state index contributed by atoms with van der Waals surface area (Å²) >= 11 is 1.43. The van der Waals surface area contributed by atoms with E-state index in [2.05, 4.69) is 33.3 Å². The SMILES string of the molecule is COc1ccc(N2CCN(C(=O)CSc3nnc4c(C)cc5cc(OC)ccc5n34)CC2)cc1. The van der Waals surface area contributed by atoms with E-state index in [4.69, 9.17) is 9.47 Å². The molecular weight excluding hydrogens is 450 g/mol. The zero-order valence-electron chi connectivity index (χ0n) is 19.5. The highest BCUT2D eigenvalue weighted by molar-refractivity contribution is 7.99. The van der Waals surface area contributed by atoms with Crippen LogP contribution in [-0.4, -0.2) is 71.6 Å². The van der Waals surface area contributed by atoms with Crippen LogP contribution in [0.4, 0.5) is 5.69 Å². The summed E-state index contributed by atoms with van der Waals surface area (Å²) in [4.78, 5) is 17.2. The first kappa shape index (κ1) is 22.3. The summed E-state index contributed by atoms with van der Waals surface area (Å²) < 4.78 is 12.6. The molecule has 0 spiro atoms. The van der Waals surface area contributed by atoms with E-state index in [1.165, 1.54) is 11.8 Å². The molecule has 176 valence electrons. The second-order valence-electron chi connectivity index (χ2n) is 8.25. The molecule has 2 aromatic heterocycles. The Morgan fingerprint density at radius 2 is 1.65 bits per heavy atom. The van der Waals surface area contributed by atoms with E-state index >= 15 is 0 Å². The minimum atomic E-state index is 0.120. The van der Waals surface area contributed by atoms with Crippen molar-refractivity contribution in [1.29, 1.82) is 0 Å². The van der Waals surface area contributed by atoms with Crippen molar-refractivity contribution in [3.05, 3.63) is 54.1 Å². The third kappa shape index (κ3) is 4.23. The fourth-order valence-electron chi connectivity index (χ4n) is 4.34. The fraction of sp³-hybridized carbons (Fsp3) is 0.320. The van der Waals surface area contributed by atoms with E-state index < -0.39 is 0 Å². The molecule has 1 aliphatic heterocycles. The van der Waals surface area contributed by atoms with Crippen LogP contribution in [0.2, 0.25) is 0 Å². The predicted octanol–water partition coefficient (Wildman–Crippen LogP) is 3.65. The summed E-state index contributed by atoms with van der Waals surface area (Å²) in [6, 6.07) is 16.1. The molecule has 1 fully saturated rings. The van der Waals surface area contributed by atoms with Crippen LogP contribution in [0.1, 0.15) is 5.56 Å². The lowest BCUT2D eigenvalue weighted by Crippen LogP contribution is -2.49. The summed E-state index contributed by atoms with van der Waals surface area (Å²) in [5.41, 5.74) is 3.98. The van der Waals surface area contributed by atoms with Gasteiger partial charge in [0.2, 0.25) is 5.91 Å². The minimum absolute atomic E-state index is 0.120. The number of benzene rings is 2. The number of rotatable bonds is 6. The number of carbonyl (C=O) groups excluding carboxylic acids is 1. The molecule has 9 heteroatoms. The number of anilines is 1. The lowest BCUT2D eigenvalue weighted by molar-refractivity contribution is -0.128. The summed E-state index contributed by atoms with van der Waals surface area (Å²) in [7, 11) is 3.33. The molecule has 1 saturated heterocycles. The fourth-order valence-corrected chi connectivity index (χ4v) is 5.18. The van der Waals surface area contributed by atoms with Gasteiger partial charge in [-0.3, -0.25) is 9.20 Å². The molecule has 2 aromatic carbocycles. The van der Waals surface area contributed by atoms with Crippen molar-refractivity contribution in [1.82, 2.24) is 19.5 Å². The van der Waals surface area contributed by atoms with Gasteiger partial charge in [-0.1, -0.05) is 11.8 Å². The van der Waals surface area contributed by atoms with Crippen molar-refractivity contribution in [2.24, 2.45) is 0 Å². The van der Waals surface area contributed by atoms with Crippen LogP contribution in [0.3, 0.4) is 0 Å². The third-order valence-corrected chi connectivity index (χ3v) is 7.14. The number of nitrogens with zero attached hydrogens (tertiary/aromatic N) is 5. The Balaban J connectivity index is 1.26. The summed E-state index contributed by atoms with van der Waals surface area (Å²) in [5, 5.41) is 10.5. The molecule has 0 saturated carbocycles. The molecule has 1 aliphatic rings. The summed E-state index contributed by atoms with van der Waals surface area (Å²) in [6.07, 6.45) is 0. The maximum absolute atomic E-state index is 13.0. The van der Waals surface area contributed by atoms with Crippen LogP contribution >= 0.6 is 11.8 Å². The molecule has 34 heavy (non-hydrogen) atoms. The van der Waals surface area contributed by atoms with Crippen molar-refractivity contribution < 1.29 is 14.3 Å². The number of carbonyl (C=O) groups is 1. The van der Waals surface area contributed by atoms with Crippen LogP contribution in [0, 0.1) is 6.92 Å². The highest BCUT2D eigenvalue weighted by atomic mass is 32.2. The molecule has 0 atom stereocenters. The van der Waals surface area contributed by atoms with Gasteiger partial charge in [0.05, 0.1) is 25.5 Å². The predicted molar refractivity (Wildman–Crippen MR) is 134 cm³/mol. The first-order valence-corrected chi connectivity index (χ1v) is 12.2. The highest BCUT2D eigenvalue weighted by Gasteiger charge is 2.22.